The number of carbonyl (C=O) groups is 2. The highest BCUT2D eigenvalue weighted by molar-refractivity contribution is 7.92. The molecule has 1 aliphatic heterocycles. The van der Waals surface area contributed by atoms with Gasteiger partial charge in [-0.15, -0.1) is 0 Å². The lowest BCUT2D eigenvalue weighted by Crippen LogP contribution is -2.50. The number of nitrogens with one attached hydrogen (secondary N) is 2. The number of sulfone groups is 1. The molecule has 19 heavy (non-hydrogen) atoms. The summed E-state index contributed by atoms with van der Waals surface area (Å²) < 4.78 is 23.0. The van der Waals surface area contributed by atoms with Gasteiger partial charge in [0.15, 0.2) is 9.84 Å². The second-order valence-electron chi connectivity index (χ2n) is 5.54. The average molecular weight is 288 g/mol. The second-order valence-corrected chi connectivity index (χ2v) is 7.95. The zero-order valence-electron chi connectivity index (χ0n) is 11.1. The van der Waals surface area contributed by atoms with Crippen molar-refractivity contribution in [3.63, 3.8) is 0 Å². The molecule has 2 rings (SSSR count). The van der Waals surface area contributed by atoms with Gasteiger partial charge in [0.05, 0.1) is 4.75 Å². The van der Waals surface area contributed by atoms with Crippen LogP contribution in [-0.2, 0) is 19.4 Å². The SMILES string of the molecule is CS(=O)(=O)C1(CNC(=O)[C@H]2CCC(=O)N2)CCCC1. The maximum absolute atomic E-state index is 11.9. The van der Waals surface area contributed by atoms with Gasteiger partial charge in [-0.25, -0.2) is 8.42 Å². The van der Waals surface area contributed by atoms with E-state index in [1.54, 1.807) is 0 Å². The molecule has 1 heterocycles. The largest absolute Gasteiger partial charge is 0.353 e. The van der Waals surface area contributed by atoms with E-state index < -0.39 is 20.6 Å². The summed E-state index contributed by atoms with van der Waals surface area (Å²) in [6.45, 7) is 0.150. The Morgan fingerprint density at radius 2 is 2.05 bits per heavy atom. The van der Waals surface area contributed by atoms with E-state index in [9.17, 15) is 18.0 Å². The molecule has 0 aromatic rings. The molecule has 2 fully saturated rings. The summed E-state index contributed by atoms with van der Waals surface area (Å²) in [6, 6.07) is -0.509. The first-order valence-corrected chi connectivity index (χ1v) is 8.50. The fourth-order valence-electron chi connectivity index (χ4n) is 2.88. The second kappa shape index (κ2) is 5.11. The van der Waals surface area contributed by atoms with Gasteiger partial charge in [-0.1, -0.05) is 12.8 Å². The van der Waals surface area contributed by atoms with E-state index >= 15 is 0 Å². The Balaban J connectivity index is 1.97. The Hall–Kier alpha value is -1.11. The summed E-state index contributed by atoms with van der Waals surface area (Å²) in [5.74, 6) is -0.403. The van der Waals surface area contributed by atoms with Gasteiger partial charge in [0.25, 0.3) is 0 Å². The van der Waals surface area contributed by atoms with Crippen molar-refractivity contribution in [2.75, 3.05) is 12.8 Å². The predicted octanol–water partition coefficient (Wildman–Crippen LogP) is -0.261. The van der Waals surface area contributed by atoms with Crippen LogP contribution in [0.15, 0.2) is 0 Å². The standard InChI is InChI=1S/C12H20N2O4S/c1-19(17,18)12(6-2-3-7-12)8-13-11(16)9-4-5-10(15)14-9/h9H,2-8H2,1H3,(H,13,16)(H,14,15)/t9-/m1/s1. The van der Waals surface area contributed by atoms with Crippen LogP contribution in [0.5, 0.6) is 0 Å². The normalized spacial score (nSPS) is 26.2. The molecule has 1 saturated carbocycles. The lowest BCUT2D eigenvalue weighted by molar-refractivity contribution is -0.125. The molecule has 0 spiro atoms. The lowest BCUT2D eigenvalue weighted by atomic mass is 10.1. The van der Waals surface area contributed by atoms with Gasteiger partial charge in [-0.3, -0.25) is 9.59 Å². The third-order valence-electron chi connectivity index (χ3n) is 4.20. The molecule has 0 unspecified atom stereocenters. The van der Waals surface area contributed by atoms with Crippen LogP contribution in [0, 0.1) is 0 Å². The van der Waals surface area contributed by atoms with Crippen LogP contribution in [-0.4, -0.2) is 43.8 Å². The molecular weight excluding hydrogens is 268 g/mol. The van der Waals surface area contributed by atoms with Gasteiger partial charge in [0.1, 0.15) is 6.04 Å². The molecule has 0 aromatic heterocycles. The molecule has 0 radical (unpaired) electrons. The average Bonchev–Trinajstić information content (AvgIpc) is 2.94. The van der Waals surface area contributed by atoms with Crippen molar-refractivity contribution in [3.8, 4) is 0 Å². The summed E-state index contributed by atoms with van der Waals surface area (Å²) in [6.07, 6.45) is 5.03. The van der Waals surface area contributed by atoms with Crippen LogP contribution in [0.2, 0.25) is 0 Å². The molecule has 1 saturated heterocycles. The summed E-state index contributed by atoms with van der Waals surface area (Å²) >= 11 is 0. The van der Waals surface area contributed by atoms with Crippen LogP contribution in [0.4, 0.5) is 0 Å². The molecule has 0 aromatic carbocycles. The van der Waals surface area contributed by atoms with Crippen LogP contribution in [0.1, 0.15) is 38.5 Å². The number of carbonyl (C=O) groups excluding carboxylic acids is 2. The van der Waals surface area contributed by atoms with Gasteiger partial charge in [0.2, 0.25) is 11.8 Å². The summed E-state index contributed by atoms with van der Waals surface area (Å²) in [4.78, 5) is 22.9. The van der Waals surface area contributed by atoms with Crippen LogP contribution < -0.4 is 10.6 Å². The number of hydrogen-bond acceptors (Lipinski definition) is 4. The van der Waals surface area contributed by atoms with Gasteiger partial charge in [0, 0.05) is 19.2 Å². The van der Waals surface area contributed by atoms with Crippen molar-refractivity contribution in [1.82, 2.24) is 10.6 Å². The summed E-state index contributed by atoms with van der Waals surface area (Å²) in [5, 5.41) is 5.28. The van der Waals surface area contributed by atoms with E-state index in [-0.39, 0.29) is 18.4 Å². The van der Waals surface area contributed by atoms with Gasteiger partial charge >= 0.3 is 0 Å². The van der Waals surface area contributed by atoms with Crippen molar-refractivity contribution < 1.29 is 18.0 Å². The van der Waals surface area contributed by atoms with Crippen molar-refractivity contribution in [1.29, 1.82) is 0 Å². The van der Waals surface area contributed by atoms with E-state index in [2.05, 4.69) is 10.6 Å². The third kappa shape index (κ3) is 2.91. The Bertz CT molecular complexity index is 480. The van der Waals surface area contributed by atoms with Gasteiger partial charge in [-0.2, -0.15) is 0 Å². The van der Waals surface area contributed by atoms with E-state index in [0.717, 1.165) is 12.8 Å². The molecule has 108 valence electrons. The van der Waals surface area contributed by atoms with Crippen molar-refractivity contribution >= 4 is 21.7 Å². The molecule has 7 heteroatoms. The van der Waals surface area contributed by atoms with E-state index in [1.165, 1.54) is 6.26 Å². The van der Waals surface area contributed by atoms with E-state index in [4.69, 9.17) is 0 Å². The summed E-state index contributed by atoms with van der Waals surface area (Å²) in [7, 11) is -3.20. The fourth-order valence-corrected chi connectivity index (χ4v) is 4.24. The lowest BCUT2D eigenvalue weighted by Gasteiger charge is -2.27. The minimum Gasteiger partial charge on any atom is -0.353 e. The molecule has 6 nitrogen and oxygen atoms in total. The Kier molecular flexibility index (Phi) is 3.85. The molecule has 2 N–H and O–H groups in total. The van der Waals surface area contributed by atoms with Crippen molar-refractivity contribution in [2.24, 2.45) is 0 Å². The van der Waals surface area contributed by atoms with E-state index in [1.807, 2.05) is 0 Å². The zero-order valence-corrected chi connectivity index (χ0v) is 11.9. The van der Waals surface area contributed by atoms with Crippen LogP contribution in [0.25, 0.3) is 0 Å². The smallest absolute Gasteiger partial charge is 0.242 e. The Morgan fingerprint density at radius 1 is 1.42 bits per heavy atom. The van der Waals surface area contributed by atoms with Crippen molar-refractivity contribution in [3.05, 3.63) is 0 Å². The molecule has 2 amide bonds. The highest BCUT2D eigenvalue weighted by Crippen LogP contribution is 2.35. The van der Waals surface area contributed by atoms with E-state index in [0.29, 0.717) is 25.7 Å². The molecular formula is C12H20N2O4S. The summed E-state index contributed by atoms with van der Waals surface area (Å²) in [5.41, 5.74) is 0. The molecule has 0 bridgehead atoms. The first-order valence-electron chi connectivity index (χ1n) is 6.61. The minimum atomic E-state index is -3.20. The highest BCUT2D eigenvalue weighted by Gasteiger charge is 2.43. The Labute approximate surface area is 113 Å². The molecule has 2 aliphatic rings. The first kappa shape index (κ1) is 14.3. The van der Waals surface area contributed by atoms with Crippen LogP contribution >= 0.6 is 0 Å². The maximum atomic E-state index is 11.9. The molecule has 1 atom stereocenters. The third-order valence-corrected chi connectivity index (χ3v) is 6.32. The first-order chi connectivity index (χ1) is 8.84. The van der Waals surface area contributed by atoms with Crippen LogP contribution in [0.3, 0.4) is 0 Å². The topological polar surface area (TPSA) is 92.3 Å². The highest BCUT2D eigenvalue weighted by atomic mass is 32.2. The van der Waals surface area contributed by atoms with Gasteiger partial charge < -0.3 is 10.6 Å². The zero-order chi connectivity index (χ0) is 14.1. The number of hydrogen-bond donors (Lipinski definition) is 2. The quantitative estimate of drug-likeness (QED) is 0.745. The van der Waals surface area contributed by atoms with Gasteiger partial charge in [-0.05, 0) is 19.3 Å². The fraction of sp³-hybridized carbons (Fsp3) is 0.833. The minimum absolute atomic E-state index is 0.126. The maximum Gasteiger partial charge on any atom is 0.242 e. The predicted molar refractivity (Wildman–Crippen MR) is 70.2 cm³/mol. The monoisotopic (exact) mass is 288 g/mol. The number of amides is 2. The van der Waals surface area contributed by atoms with Crippen molar-refractivity contribution in [2.45, 2.75) is 49.3 Å². The Morgan fingerprint density at radius 3 is 2.53 bits per heavy atom. The molecule has 1 aliphatic carbocycles. The number of rotatable bonds is 4.